The number of rotatable bonds is 4. The Morgan fingerprint density at radius 1 is 1.33 bits per heavy atom. The van der Waals surface area contributed by atoms with Gasteiger partial charge in [-0.1, -0.05) is 37.6 Å². The van der Waals surface area contributed by atoms with E-state index < -0.39 is 0 Å². The first-order valence-electron chi connectivity index (χ1n) is 6.64. The Morgan fingerprint density at radius 2 is 2.00 bits per heavy atom. The van der Waals surface area contributed by atoms with Crippen molar-refractivity contribution in [3.05, 3.63) is 42.0 Å². The molecular weight excluding hydrogens is 222 g/mol. The van der Waals surface area contributed by atoms with E-state index in [0.717, 1.165) is 18.5 Å². The van der Waals surface area contributed by atoms with E-state index >= 15 is 0 Å². The minimum Gasteiger partial charge on any atom is -0.308 e. The van der Waals surface area contributed by atoms with E-state index in [1.807, 2.05) is 4.90 Å². The van der Waals surface area contributed by atoms with E-state index in [4.69, 9.17) is 0 Å². The van der Waals surface area contributed by atoms with Crippen LogP contribution in [-0.4, -0.2) is 12.5 Å². The molecule has 96 valence electrons. The summed E-state index contributed by atoms with van der Waals surface area (Å²) >= 11 is 0. The maximum Gasteiger partial charge on any atom is 0.237 e. The highest BCUT2D eigenvalue weighted by atomic mass is 16.2. The smallest absolute Gasteiger partial charge is 0.237 e. The monoisotopic (exact) mass is 243 g/mol. The van der Waals surface area contributed by atoms with Crippen LogP contribution in [0.2, 0.25) is 0 Å². The topological polar surface area (TPSA) is 20.3 Å². The van der Waals surface area contributed by atoms with Gasteiger partial charge in [-0.05, 0) is 31.4 Å². The van der Waals surface area contributed by atoms with Crippen LogP contribution < -0.4 is 4.90 Å². The number of hydrogen-bond donors (Lipinski definition) is 0. The second kappa shape index (κ2) is 4.60. The fraction of sp³-hybridized carbons (Fsp3) is 0.438. The van der Waals surface area contributed by atoms with Gasteiger partial charge in [0.05, 0.1) is 5.41 Å². The maximum atomic E-state index is 12.7. The van der Waals surface area contributed by atoms with E-state index in [9.17, 15) is 4.79 Å². The molecule has 0 saturated heterocycles. The molecule has 0 aliphatic carbocycles. The Bertz CT molecular complexity index is 486. The molecule has 0 N–H and O–H groups in total. The number of anilines is 1. The van der Waals surface area contributed by atoms with Gasteiger partial charge >= 0.3 is 0 Å². The first-order valence-corrected chi connectivity index (χ1v) is 6.64. The van der Waals surface area contributed by atoms with Crippen molar-refractivity contribution in [3.8, 4) is 0 Å². The summed E-state index contributed by atoms with van der Waals surface area (Å²) in [5, 5.41) is 0. The summed E-state index contributed by atoms with van der Waals surface area (Å²) in [6.45, 7) is 10.6. The molecule has 1 aromatic carbocycles. The van der Waals surface area contributed by atoms with E-state index in [-0.39, 0.29) is 11.3 Å². The van der Waals surface area contributed by atoms with Crippen molar-refractivity contribution < 1.29 is 4.79 Å². The summed E-state index contributed by atoms with van der Waals surface area (Å²) in [4.78, 5) is 14.6. The van der Waals surface area contributed by atoms with E-state index in [2.05, 4.69) is 45.5 Å². The second-order valence-corrected chi connectivity index (χ2v) is 5.01. The number of amides is 1. The van der Waals surface area contributed by atoms with E-state index in [1.165, 1.54) is 11.1 Å². The molecule has 1 aliphatic rings. The largest absolute Gasteiger partial charge is 0.308 e. The third-order valence-corrected chi connectivity index (χ3v) is 4.13. The molecule has 0 radical (unpaired) electrons. The highest BCUT2D eigenvalue weighted by Gasteiger charge is 2.47. The highest BCUT2D eigenvalue weighted by Crippen LogP contribution is 2.46. The molecule has 2 rings (SSSR count). The number of hydrogen-bond acceptors (Lipinski definition) is 1. The van der Waals surface area contributed by atoms with Gasteiger partial charge in [-0.2, -0.15) is 0 Å². The lowest BCUT2D eigenvalue weighted by molar-refractivity contribution is -0.123. The molecule has 2 heteroatoms. The Hall–Kier alpha value is -1.57. The Balaban J connectivity index is 2.64. The minimum absolute atomic E-state index is 0.230. The van der Waals surface area contributed by atoms with Crippen molar-refractivity contribution in [1.29, 1.82) is 0 Å². The van der Waals surface area contributed by atoms with Crippen molar-refractivity contribution in [2.24, 2.45) is 0 Å². The third-order valence-electron chi connectivity index (χ3n) is 4.13. The van der Waals surface area contributed by atoms with Crippen LogP contribution in [-0.2, 0) is 10.2 Å². The van der Waals surface area contributed by atoms with E-state index in [1.54, 1.807) is 6.08 Å². The molecule has 0 unspecified atom stereocenters. The lowest BCUT2D eigenvalue weighted by Crippen LogP contribution is -2.39. The van der Waals surface area contributed by atoms with Crippen LogP contribution in [0.25, 0.3) is 0 Å². The second-order valence-electron chi connectivity index (χ2n) is 5.01. The van der Waals surface area contributed by atoms with Gasteiger partial charge < -0.3 is 4.90 Å². The molecule has 0 spiro atoms. The average Bonchev–Trinajstić information content (AvgIpc) is 2.60. The maximum absolute atomic E-state index is 12.7. The minimum atomic E-state index is -0.329. The molecule has 0 fully saturated rings. The molecule has 2 nitrogen and oxygen atoms in total. The molecule has 1 aliphatic heterocycles. The van der Waals surface area contributed by atoms with Gasteiger partial charge in [0.15, 0.2) is 0 Å². The summed E-state index contributed by atoms with van der Waals surface area (Å²) in [6, 6.07) is 6.31. The van der Waals surface area contributed by atoms with Crippen LogP contribution in [0.4, 0.5) is 5.69 Å². The SMILES string of the molecule is C=CCN1C(=O)C(CC)(CC)c2cc(C)ccc21. The van der Waals surface area contributed by atoms with Gasteiger partial charge in [0, 0.05) is 12.2 Å². The Morgan fingerprint density at radius 3 is 2.56 bits per heavy atom. The van der Waals surface area contributed by atoms with Crippen LogP contribution >= 0.6 is 0 Å². The molecular formula is C16H21NO. The molecule has 0 atom stereocenters. The van der Waals surface area contributed by atoms with Gasteiger partial charge in [0.25, 0.3) is 0 Å². The van der Waals surface area contributed by atoms with Gasteiger partial charge in [-0.3, -0.25) is 4.79 Å². The fourth-order valence-electron chi connectivity index (χ4n) is 3.00. The molecule has 0 saturated carbocycles. The standard InChI is InChI=1S/C16H21NO/c1-5-10-17-14-9-8-12(4)11-13(14)16(6-2,7-3)15(17)18/h5,8-9,11H,1,6-7,10H2,2-4H3. The van der Waals surface area contributed by atoms with Crippen molar-refractivity contribution >= 4 is 11.6 Å². The normalized spacial score (nSPS) is 16.8. The Labute approximate surface area is 109 Å². The van der Waals surface area contributed by atoms with E-state index in [0.29, 0.717) is 6.54 Å². The van der Waals surface area contributed by atoms with Crippen molar-refractivity contribution in [3.63, 3.8) is 0 Å². The number of carbonyl (C=O) groups excluding carboxylic acids is 1. The van der Waals surface area contributed by atoms with Crippen molar-refractivity contribution in [1.82, 2.24) is 0 Å². The van der Waals surface area contributed by atoms with Crippen molar-refractivity contribution in [2.75, 3.05) is 11.4 Å². The molecule has 18 heavy (non-hydrogen) atoms. The van der Waals surface area contributed by atoms with Crippen LogP contribution in [0.3, 0.4) is 0 Å². The van der Waals surface area contributed by atoms with Gasteiger partial charge in [-0.25, -0.2) is 0 Å². The van der Waals surface area contributed by atoms with Crippen LogP contribution in [0, 0.1) is 6.92 Å². The average molecular weight is 243 g/mol. The fourth-order valence-corrected chi connectivity index (χ4v) is 3.00. The number of nitrogens with zero attached hydrogens (tertiary/aromatic N) is 1. The number of fused-ring (bicyclic) bond motifs is 1. The van der Waals surface area contributed by atoms with Gasteiger partial charge in [0.1, 0.15) is 0 Å². The zero-order chi connectivity index (χ0) is 13.3. The zero-order valence-electron chi connectivity index (χ0n) is 11.5. The van der Waals surface area contributed by atoms with Crippen molar-refractivity contribution in [2.45, 2.75) is 39.0 Å². The first kappa shape index (κ1) is 12.9. The molecule has 1 aromatic rings. The third kappa shape index (κ3) is 1.59. The van der Waals surface area contributed by atoms with Crippen LogP contribution in [0.15, 0.2) is 30.9 Å². The zero-order valence-corrected chi connectivity index (χ0v) is 11.5. The summed E-state index contributed by atoms with van der Waals surface area (Å²) in [7, 11) is 0. The van der Waals surface area contributed by atoms with Gasteiger partial charge in [-0.15, -0.1) is 6.58 Å². The molecule has 0 bridgehead atoms. The van der Waals surface area contributed by atoms with Crippen LogP contribution in [0.5, 0.6) is 0 Å². The number of carbonyl (C=O) groups is 1. The quantitative estimate of drug-likeness (QED) is 0.740. The molecule has 1 amide bonds. The summed E-state index contributed by atoms with van der Waals surface area (Å²) in [5.41, 5.74) is 3.14. The first-order chi connectivity index (χ1) is 8.60. The lowest BCUT2D eigenvalue weighted by atomic mass is 9.76. The summed E-state index contributed by atoms with van der Waals surface area (Å²) in [5.74, 6) is 0.230. The van der Waals surface area contributed by atoms with Crippen LogP contribution in [0.1, 0.15) is 37.8 Å². The predicted molar refractivity (Wildman–Crippen MR) is 76.0 cm³/mol. The molecule has 0 aromatic heterocycles. The summed E-state index contributed by atoms with van der Waals surface area (Å²) in [6.07, 6.45) is 3.50. The Kier molecular flexibility index (Phi) is 3.29. The highest BCUT2D eigenvalue weighted by molar-refractivity contribution is 6.08. The molecule has 1 heterocycles. The van der Waals surface area contributed by atoms with Gasteiger partial charge in [0.2, 0.25) is 5.91 Å². The predicted octanol–water partition coefficient (Wildman–Crippen LogP) is 3.59. The lowest BCUT2D eigenvalue weighted by Gasteiger charge is -2.25. The summed E-state index contributed by atoms with van der Waals surface area (Å²) < 4.78 is 0. The number of aryl methyl sites for hydroxylation is 1. The number of benzene rings is 1.